The molecular formula is C11H19N. The first-order chi connectivity index (χ1) is 5.92. The number of rotatable bonds is 3. The quantitative estimate of drug-likeness (QED) is 0.633. The highest BCUT2D eigenvalue weighted by Crippen LogP contribution is 2.37. The standard InChI is InChI=1S/C11H19N/c1-12-11(10-7-8-10)9-5-3-2-4-6-9/h5,10-12H,2-4,6-8H2,1H3. The summed E-state index contributed by atoms with van der Waals surface area (Å²) in [5.41, 5.74) is 1.70. The summed E-state index contributed by atoms with van der Waals surface area (Å²) < 4.78 is 0. The second-order valence-corrected chi connectivity index (χ2v) is 4.13. The fourth-order valence-corrected chi connectivity index (χ4v) is 2.30. The normalized spacial score (nSPS) is 26.6. The third-order valence-electron chi connectivity index (χ3n) is 3.13. The van der Waals surface area contributed by atoms with Crippen molar-refractivity contribution in [3.63, 3.8) is 0 Å². The number of hydrogen-bond acceptors (Lipinski definition) is 1. The van der Waals surface area contributed by atoms with Crippen molar-refractivity contribution in [3.05, 3.63) is 11.6 Å². The molecule has 0 heterocycles. The Morgan fingerprint density at radius 3 is 2.75 bits per heavy atom. The van der Waals surface area contributed by atoms with Crippen LogP contribution in [0, 0.1) is 5.92 Å². The molecule has 1 nitrogen and oxygen atoms in total. The van der Waals surface area contributed by atoms with Gasteiger partial charge in [-0.25, -0.2) is 0 Å². The lowest BCUT2D eigenvalue weighted by atomic mass is 9.91. The van der Waals surface area contributed by atoms with Crippen molar-refractivity contribution in [1.29, 1.82) is 0 Å². The van der Waals surface area contributed by atoms with Crippen molar-refractivity contribution in [2.75, 3.05) is 7.05 Å². The smallest absolute Gasteiger partial charge is 0.0305 e. The summed E-state index contributed by atoms with van der Waals surface area (Å²) in [5.74, 6) is 0.972. The van der Waals surface area contributed by atoms with Crippen molar-refractivity contribution in [3.8, 4) is 0 Å². The minimum Gasteiger partial charge on any atom is -0.313 e. The average molecular weight is 165 g/mol. The summed E-state index contributed by atoms with van der Waals surface area (Å²) in [6.07, 6.45) is 10.9. The third-order valence-corrected chi connectivity index (χ3v) is 3.13. The van der Waals surface area contributed by atoms with E-state index >= 15 is 0 Å². The monoisotopic (exact) mass is 165 g/mol. The zero-order valence-electron chi connectivity index (χ0n) is 7.97. The summed E-state index contributed by atoms with van der Waals surface area (Å²) in [5, 5.41) is 3.47. The molecule has 0 bridgehead atoms. The van der Waals surface area contributed by atoms with Gasteiger partial charge >= 0.3 is 0 Å². The maximum absolute atomic E-state index is 3.47. The third kappa shape index (κ3) is 1.71. The van der Waals surface area contributed by atoms with E-state index in [4.69, 9.17) is 0 Å². The van der Waals surface area contributed by atoms with Crippen molar-refractivity contribution < 1.29 is 0 Å². The van der Waals surface area contributed by atoms with Crippen LogP contribution in [0.4, 0.5) is 0 Å². The summed E-state index contributed by atoms with van der Waals surface area (Å²) in [6.45, 7) is 0. The Kier molecular flexibility index (Phi) is 2.50. The van der Waals surface area contributed by atoms with E-state index in [9.17, 15) is 0 Å². The first kappa shape index (κ1) is 8.31. The molecule has 68 valence electrons. The molecule has 0 radical (unpaired) electrons. The van der Waals surface area contributed by atoms with Crippen LogP contribution in [0.25, 0.3) is 0 Å². The van der Waals surface area contributed by atoms with E-state index in [1.807, 2.05) is 0 Å². The molecule has 0 aromatic heterocycles. The minimum atomic E-state index is 0.727. The summed E-state index contributed by atoms with van der Waals surface area (Å²) in [4.78, 5) is 0. The molecule has 1 unspecified atom stereocenters. The molecule has 2 aliphatic rings. The highest BCUT2D eigenvalue weighted by molar-refractivity contribution is 5.16. The number of likely N-dealkylation sites (N-methyl/N-ethyl adjacent to an activating group) is 1. The molecule has 1 N–H and O–H groups in total. The van der Waals surface area contributed by atoms with Crippen molar-refractivity contribution >= 4 is 0 Å². The second kappa shape index (κ2) is 3.61. The molecule has 1 heteroatoms. The van der Waals surface area contributed by atoms with E-state index < -0.39 is 0 Å². The lowest BCUT2D eigenvalue weighted by Gasteiger charge is -2.22. The van der Waals surface area contributed by atoms with Crippen LogP contribution >= 0.6 is 0 Å². The van der Waals surface area contributed by atoms with Crippen LogP contribution in [0.2, 0.25) is 0 Å². The van der Waals surface area contributed by atoms with Crippen LogP contribution in [0.15, 0.2) is 11.6 Å². The van der Waals surface area contributed by atoms with Gasteiger partial charge in [0.1, 0.15) is 0 Å². The molecule has 2 rings (SSSR count). The second-order valence-electron chi connectivity index (χ2n) is 4.13. The van der Waals surface area contributed by atoms with Gasteiger partial charge in [-0.1, -0.05) is 11.6 Å². The van der Waals surface area contributed by atoms with Gasteiger partial charge in [-0.2, -0.15) is 0 Å². The Morgan fingerprint density at radius 2 is 2.25 bits per heavy atom. The molecule has 1 fully saturated rings. The van der Waals surface area contributed by atoms with Gasteiger partial charge in [0.2, 0.25) is 0 Å². The highest BCUT2D eigenvalue weighted by atomic mass is 14.9. The van der Waals surface area contributed by atoms with Crippen LogP contribution in [0.3, 0.4) is 0 Å². The first-order valence-corrected chi connectivity index (χ1v) is 5.28. The van der Waals surface area contributed by atoms with Gasteiger partial charge in [-0.3, -0.25) is 0 Å². The molecule has 12 heavy (non-hydrogen) atoms. The van der Waals surface area contributed by atoms with Crippen LogP contribution < -0.4 is 5.32 Å². The molecule has 1 saturated carbocycles. The summed E-state index contributed by atoms with van der Waals surface area (Å²) in [7, 11) is 2.11. The van der Waals surface area contributed by atoms with Gasteiger partial charge in [0, 0.05) is 6.04 Å². The largest absolute Gasteiger partial charge is 0.313 e. The van der Waals surface area contributed by atoms with E-state index in [1.54, 1.807) is 5.57 Å². The maximum Gasteiger partial charge on any atom is 0.0305 e. The summed E-state index contributed by atoms with van der Waals surface area (Å²) in [6, 6.07) is 0.727. The predicted octanol–water partition coefficient (Wildman–Crippen LogP) is 2.48. The Balaban J connectivity index is 1.98. The highest BCUT2D eigenvalue weighted by Gasteiger charge is 2.32. The molecule has 0 spiro atoms. The lowest BCUT2D eigenvalue weighted by molar-refractivity contribution is 0.525. The SMILES string of the molecule is CNC(C1=CCCCC1)C1CC1. The molecule has 0 amide bonds. The molecule has 2 aliphatic carbocycles. The van der Waals surface area contributed by atoms with Crippen molar-refractivity contribution in [2.45, 2.75) is 44.6 Å². The molecular weight excluding hydrogens is 146 g/mol. The topological polar surface area (TPSA) is 12.0 Å². The van der Waals surface area contributed by atoms with E-state index in [0.29, 0.717) is 0 Å². The fraction of sp³-hybridized carbons (Fsp3) is 0.818. The Labute approximate surface area is 75.2 Å². The van der Waals surface area contributed by atoms with E-state index in [0.717, 1.165) is 12.0 Å². The number of nitrogens with one attached hydrogen (secondary N) is 1. The van der Waals surface area contributed by atoms with Gasteiger partial charge in [0.25, 0.3) is 0 Å². The van der Waals surface area contributed by atoms with Gasteiger partial charge in [0.15, 0.2) is 0 Å². The van der Waals surface area contributed by atoms with Crippen molar-refractivity contribution in [2.24, 2.45) is 5.92 Å². The average Bonchev–Trinajstić information content (AvgIpc) is 2.92. The zero-order chi connectivity index (χ0) is 8.39. The molecule has 0 saturated heterocycles. The number of allylic oxidation sites excluding steroid dienone is 1. The molecule has 0 aliphatic heterocycles. The van der Waals surface area contributed by atoms with E-state index in [2.05, 4.69) is 18.4 Å². The predicted molar refractivity (Wildman–Crippen MR) is 52.1 cm³/mol. The van der Waals surface area contributed by atoms with E-state index in [1.165, 1.54) is 38.5 Å². The summed E-state index contributed by atoms with van der Waals surface area (Å²) >= 11 is 0. The minimum absolute atomic E-state index is 0.727. The van der Waals surface area contributed by atoms with Gasteiger partial charge in [-0.15, -0.1) is 0 Å². The van der Waals surface area contributed by atoms with Crippen LogP contribution in [0.1, 0.15) is 38.5 Å². The van der Waals surface area contributed by atoms with Crippen LogP contribution in [-0.4, -0.2) is 13.1 Å². The molecule has 1 atom stereocenters. The first-order valence-electron chi connectivity index (χ1n) is 5.28. The van der Waals surface area contributed by atoms with Crippen LogP contribution in [0.5, 0.6) is 0 Å². The fourth-order valence-electron chi connectivity index (χ4n) is 2.30. The van der Waals surface area contributed by atoms with Gasteiger partial charge in [0.05, 0.1) is 0 Å². The van der Waals surface area contributed by atoms with Gasteiger partial charge < -0.3 is 5.32 Å². The van der Waals surface area contributed by atoms with Crippen LogP contribution in [-0.2, 0) is 0 Å². The molecule has 0 aromatic carbocycles. The Bertz CT molecular complexity index is 179. The van der Waals surface area contributed by atoms with Crippen molar-refractivity contribution in [1.82, 2.24) is 5.32 Å². The zero-order valence-corrected chi connectivity index (χ0v) is 7.97. The van der Waals surface area contributed by atoms with E-state index in [-0.39, 0.29) is 0 Å². The maximum atomic E-state index is 3.47. The van der Waals surface area contributed by atoms with Gasteiger partial charge in [-0.05, 0) is 51.5 Å². The number of hydrogen-bond donors (Lipinski definition) is 1. The Morgan fingerprint density at radius 1 is 1.42 bits per heavy atom. The lowest BCUT2D eigenvalue weighted by Crippen LogP contribution is -2.30. The Hall–Kier alpha value is -0.300. The molecule has 0 aromatic rings.